The van der Waals surface area contributed by atoms with Crippen LogP contribution in [0.2, 0.25) is 0 Å². The number of phenolic OH excluding ortho intramolecular Hbond substituents is 2. The van der Waals surface area contributed by atoms with Crippen LogP contribution in [0, 0.1) is 0 Å². The fourth-order valence-electron chi connectivity index (χ4n) is 2.41. The monoisotopic (exact) mass is 264 g/mol. The summed E-state index contributed by atoms with van der Waals surface area (Å²) in [6.45, 7) is 4.16. The quantitative estimate of drug-likeness (QED) is 0.766. The van der Waals surface area contributed by atoms with Crippen molar-refractivity contribution in [2.75, 3.05) is 19.6 Å². The summed E-state index contributed by atoms with van der Waals surface area (Å²) in [5, 5.41) is 22.3. The lowest BCUT2D eigenvalue weighted by atomic mass is 10.1. The van der Waals surface area contributed by atoms with E-state index in [1.54, 1.807) is 4.90 Å². The molecule has 0 aliphatic carbocycles. The summed E-state index contributed by atoms with van der Waals surface area (Å²) in [7, 11) is 0. The van der Waals surface area contributed by atoms with E-state index in [1.165, 1.54) is 18.2 Å². The molecule has 0 bridgehead atoms. The SMILES string of the molecule is CCN(CC1CCCN1)C(=O)c1ccc(O)cc1O. The third-order valence-corrected chi connectivity index (χ3v) is 3.48. The van der Waals surface area contributed by atoms with Crippen LogP contribution in [0.5, 0.6) is 11.5 Å². The largest absolute Gasteiger partial charge is 0.508 e. The highest BCUT2D eigenvalue weighted by molar-refractivity contribution is 5.97. The zero-order valence-electron chi connectivity index (χ0n) is 11.1. The summed E-state index contributed by atoms with van der Waals surface area (Å²) >= 11 is 0. The van der Waals surface area contributed by atoms with Crippen LogP contribution in [0.15, 0.2) is 18.2 Å². The van der Waals surface area contributed by atoms with E-state index in [0.717, 1.165) is 19.4 Å². The number of rotatable bonds is 4. The summed E-state index contributed by atoms with van der Waals surface area (Å²) in [6, 6.07) is 4.39. The van der Waals surface area contributed by atoms with Crippen molar-refractivity contribution in [2.45, 2.75) is 25.8 Å². The number of hydrogen-bond donors (Lipinski definition) is 3. The lowest BCUT2D eigenvalue weighted by Crippen LogP contribution is -2.41. The van der Waals surface area contributed by atoms with Crippen molar-refractivity contribution in [3.8, 4) is 11.5 Å². The molecule has 1 amide bonds. The van der Waals surface area contributed by atoms with Crippen molar-refractivity contribution < 1.29 is 15.0 Å². The molecular weight excluding hydrogens is 244 g/mol. The van der Waals surface area contributed by atoms with Gasteiger partial charge in [-0.2, -0.15) is 0 Å². The maximum absolute atomic E-state index is 12.4. The van der Waals surface area contributed by atoms with Crippen molar-refractivity contribution >= 4 is 5.91 Å². The summed E-state index contributed by atoms with van der Waals surface area (Å²) in [6.07, 6.45) is 2.21. The van der Waals surface area contributed by atoms with Crippen molar-refractivity contribution in [2.24, 2.45) is 0 Å². The third kappa shape index (κ3) is 3.17. The number of amides is 1. The van der Waals surface area contributed by atoms with Crippen LogP contribution >= 0.6 is 0 Å². The molecule has 1 heterocycles. The van der Waals surface area contributed by atoms with Gasteiger partial charge in [-0.1, -0.05) is 0 Å². The predicted octanol–water partition coefficient (Wildman–Crippen LogP) is 1.31. The number of hydrogen-bond acceptors (Lipinski definition) is 4. The smallest absolute Gasteiger partial charge is 0.257 e. The number of likely N-dealkylation sites (N-methyl/N-ethyl adjacent to an activating group) is 1. The molecule has 1 aliphatic rings. The second kappa shape index (κ2) is 5.93. The Morgan fingerprint density at radius 2 is 2.26 bits per heavy atom. The van der Waals surface area contributed by atoms with Gasteiger partial charge in [-0.15, -0.1) is 0 Å². The van der Waals surface area contributed by atoms with E-state index in [0.29, 0.717) is 19.1 Å². The third-order valence-electron chi connectivity index (χ3n) is 3.48. The highest BCUT2D eigenvalue weighted by atomic mass is 16.3. The molecule has 0 spiro atoms. The Kier molecular flexibility index (Phi) is 4.27. The molecule has 1 aliphatic heterocycles. The first kappa shape index (κ1) is 13.7. The number of nitrogens with zero attached hydrogens (tertiary/aromatic N) is 1. The molecule has 104 valence electrons. The molecule has 1 aromatic carbocycles. The fraction of sp³-hybridized carbons (Fsp3) is 0.500. The molecule has 19 heavy (non-hydrogen) atoms. The Labute approximate surface area is 112 Å². The number of nitrogens with one attached hydrogen (secondary N) is 1. The maximum Gasteiger partial charge on any atom is 0.257 e. The zero-order valence-corrected chi connectivity index (χ0v) is 11.1. The summed E-state index contributed by atoms with van der Waals surface area (Å²) in [5.41, 5.74) is 0.234. The molecule has 1 fully saturated rings. The number of carbonyl (C=O) groups excluding carboxylic acids is 1. The van der Waals surface area contributed by atoms with Crippen LogP contribution in [0.4, 0.5) is 0 Å². The van der Waals surface area contributed by atoms with Crippen molar-refractivity contribution in [3.05, 3.63) is 23.8 Å². The van der Waals surface area contributed by atoms with Gasteiger partial charge in [-0.3, -0.25) is 4.79 Å². The number of phenols is 2. The minimum absolute atomic E-state index is 0.0467. The molecular formula is C14H20N2O3. The molecule has 5 nitrogen and oxygen atoms in total. The van der Waals surface area contributed by atoms with Crippen molar-refractivity contribution in [3.63, 3.8) is 0 Å². The molecule has 1 aromatic rings. The van der Waals surface area contributed by atoms with Gasteiger partial charge in [0.15, 0.2) is 0 Å². The average molecular weight is 264 g/mol. The summed E-state index contributed by atoms with van der Waals surface area (Å²) in [5.74, 6) is -0.425. The van der Waals surface area contributed by atoms with E-state index in [4.69, 9.17) is 0 Å². The van der Waals surface area contributed by atoms with E-state index in [2.05, 4.69) is 5.32 Å². The first-order valence-electron chi connectivity index (χ1n) is 6.66. The highest BCUT2D eigenvalue weighted by Gasteiger charge is 2.23. The number of benzene rings is 1. The number of carbonyl (C=O) groups is 1. The first-order valence-corrected chi connectivity index (χ1v) is 6.66. The van der Waals surface area contributed by atoms with Crippen LogP contribution in [0.25, 0.3) is 0 Å². The minimum Gasteiger partial charge on any atom is -0.508 e. The topological polar surface area (TPSA) is 72.8 Å². The van der Waals surface area contributed by atoms with Crippen LogP contribution in [0.1, 0.15) is 30.1 Å². The average Bonchev–Trinajstić information content (AvgIpc) is 2.88. The van der Waals surface area contributed by atoms with Crippen molar-refractivity contribution in [1.82, 2.24) is 10.2 Å². The van der Waals surface area contributed by atoms with Gasteiger partial charge >= 0.3 is 0 Å². The number of aromatic hydroxyl groups is 2. The Hall–Kier alpha value is -1.75. The zero-order chi connectivity index (χ0) is 13.8. The molecule has 0 aromatic heterocycles. The van der Waals surface area contributed by atoms with Gasteiger partial charge in [0.05, 0.1) is 5.56 Å². The molecule has 2 rings (SSSR count). The molecule has 0 radical (unpaired) electrons. The van der Waals surface area contributed by atoms with Crippen molar-refractivity contribution in [1.29, 1.82) is 0 Å². The minimum atomic E-state index is -0.200. The van der Waals surface area contributed by atoms with E-state index >= 15 is 0 Å². The van der Waals surface area contributed by atoms with Gasteiger partial charge in [0.1, 0.15) is 11.5 Å². The van der Waals surface area contributed by atoms with Gasteiger partial charge in [0.25, 0.3) is 5.91 Å². The van der Waals surface area contributed by atoms with E-state index in [9.17, 15) is 15.0 Å². The van der Waals surface area contributed by atoms with Gasteiger partial charge in [0, 0.05) is 25.2 Å². The summed E-state index contributed by atoms with van der Waals surface area (Å²) in [4.78, 5) is 14.1. The van der Waals surface area contributed by atoms with E-state index in [1.807, 2.05) is 6.92 Å². The molecule has 1 atom stereocenters. The van der Waals surface area contributed by atoms with Crippen LogP contribution in [-0.4, -0.2) is 46.7 Å². The molecule has 3 N–H and O–H groups in total. The Balaban J connectivity index is 2.10. The second-order valence-electron chi connectivity index (χ2n) is 4.84. The Morgan fingerprint density at radius 1 is 1.47 bits per heavy atom. The van der Waals surface area contributed by atoms with Gasteiger partial charge in [-0.25, -0.2) is 0 Å². The molecule has 0 saturated carbocycles. The van der Waals surface area contributed by atoms with Crippen LogP contribution < -0.4 is 5.32 Å². The van der Waals surface area contributed by atoms with E-state index < -0.39 is 0 Å². The molecule has 1 unspecified atom stereocenters. The lowest BCUT2D eigenvalue weighted by molar-refractivity contribution is 0.0748. The normalized spacial score (nSPS) is 18.5. The predicted molar refractivity (Wildman–Crippen MR) is 72.4 cm³/mol. The molecule has 1 saturated heterocycles. The van der Waals surface area contributed by atoms with Crippen LogP contribution in [-0.2, 0) is 0 Å². The Morgan fingerprint density at radius 3 is 2.84 bits per heavy atom. The van der Waals surface area contributed by atoms with Crippen LogP contribution in [0.3, 0.4) is 0 Å². The first-order chi connectivity index (χ1) is 9.11. The Bertz CT molecular complexity index is 456. The van der Waals surface area contributed by atoms with E-state index in [-0.39, 0.29) is 23.0 Å². The van der Waals surface area contributed by atoms with Gasteiger partial charge in [-0.05, 0) is 38.4 Å². The molecule has 5 heteroatoms. The maximum atomic E-state index is 12.4. The second-order valence-corrected chi connectivity index (χ2v) is 4.84. The lowest BCUT2D eigenvalue weighted by Gasteiger charge is -2.24. The van der Waals surface area contributed by atoms with Gasteiger partial charge < -0.3 is 20.4 Å². The van der Waals surface area contributed by atoms with Gasteiger partial charge in [0.2, 0.25) is 0 Å². The fourth-order valence-corrected chi connectivity index (χ4v) is 2.41. The highest BCUT2D eigenvalue weighted by Crippen LogP contribution is 2.24. The standard InChI is InChI=1S/C14H20N2O3/c1-2-16(9-10-4-3-7-15-10)14(19)12-6-5-11(17)8-13(12)18/h5-6,8,10,15,17-18H,2-4,7,9H2,1H3. The summed E-state index contributed by atoms with van der Waals surface area (Å²) < 4.78 is 0.